The van der Waals surface area contributed by atoms with Crippen molar-refractivity contribution in [2.75, 3.05) is 18.0 Å². The number of nitrogens with zero attached hydrogens (tertiary/aromatic N) is 2. The number of halogens is 1. The predicted molar refractivity (Wildman–Crippen MR) is 99.9 cm³/mol. The van der Waals surface area contributed by atoms with E-state index < -0.39 is 5.82 Å². The zero-order valence-corrected chi connectivity index (χ0v) is 14.5. The number of H-pyrrole nitrogens is 1. The molecular weight excluding hydrogens is 333 g/mol. The highest BCUT2D eigenvalue weighted by Crippen LogP contribution is 2.24. The number of nitrogens with one attached hydrogen (secondary N) is 1. The van der Waals surface area contributed by atoms with E-state index in [4.69, 9.17) is 0 Å². The van der Waals surface area contributed by atoms with E-state index in [0.29, 0.717) is 16.9 Å². The number of anilines is 1. The minimum absolute atomic E-state index is 0.203. The molecule has 0 aliphatic carbocycles. The summed E-state index contributed by atoms with van der Waals surface area (Å²) in [6.07, 6.45) is 1.35. The zero-order valence-electron chi connectivity index (χ0n) is 14.5. The molecule has 1 fully saturated rings. The molecule has 5 nitrogen and oxygen atoms in total. The van der Waals surface area contributed by atoms with E-state index in [0.717, 1.165) is 37.2 Å². The normalized spacial score (nSPS) is 15.6. The second-order valence-electron chi connectivity index (χ2n) is 6.80. The lowest BCUT2D eigenvalue weighted by molar-refractivity contribution is 0.145. The average molecular weight is 353 g/mol. The van der Waals surface area contributed by atoms with Crippen LogP contribution in [0.25, 0.3) is 22.3 Å². The highest BCUT2D eigenvalue weighted by Gasteiger charge is 2.17. The Morgan fingerprint density at radius 1 is 1.19 bits per heavy atom. The second kappa shape index (κ2) is 6.53. The highest BCUT2D eigenvalue weighted by molar-refractivity contribution is 5.82. The van der Waals surface area contributed by atoms with Gasteiger partial charge in [0.15, 0.2) is 0 Å². The van der Waals surface area contributed by atoms with Crippen LogP contribution in [-0.4, -0.2) is 34.3 Å². The number of aromatic nitrogens is 2. The van der Waals surface area contributed by atoms with Crippen molar-refractivity contribution in [1.29, 1.82) is 0 Å². The molecular formula is C20H20FN3O2. The average Bonchev–Trinajstić information content (AvgIpc) is 2.63. The Kier molecular flexibility index (Phi) is 4.20. The topological polar surface area (TPSA) is 69.2 Å². The fourth-order valence-corrected chi connectivity index (χ4v) is 3.46. The maximum atomic E-state index is 13.5. The van der Waals surface area contributed by atoms with E-state index >= 15 is 0 Å². The highest BCUT2D eigenvalue weighted by atomic mass is 19.1. The molecule has 0 radical (unpaired) electrons. The lowest BCUT2D eigenvalue weighted by atomic mass is 10.1. The number of aliphatic hydroxyl groups is 1. The van der Waals surface area contributed by atoms with Crippen molar-refractivity contribution in [1.82, 2.24) is 9.97 Å². The van der Waals surface area contributed by atoms with Crippen molar-refractivity contribution in [3.63, 3.8) is 0 Å². The minimum Gasteiger partial charge on any atom is -0.393 e. The number of hydrogen-bond donors (Lipinski definition) is 2. The third-order valence-corrected chi connectivity index (χ3v) is 4.94. The Balaban J connectivity index is 1.68. The number of aliphatic hydroxyl groups excluding tert-OH is 1. The summed E-state index contributed by atoms with van der Waals surface area (Å²) >= 11 is 0. The maximum absolute atomic E-state index is 13.5. The van der Waals surface area contributed by atoms with Crippen LogP contribution in [0.3, 0.4) is 0 Å². The summed E-state index contributed by atoms with van der Waals surface area (Å²) < 4.78 is 13.5. The van der Waals surface area contributed by atoms with Crippen LogP contribution in [0, 0.1) is 12.7 Å². The maximum Gasteiger partial charge on any atom is 0.259 e. The molecule has 0 spiro atoms. The third kappa shape index (κ3) is 3.08. The molecule has 0 saturated carbocycles. The number of rotatable bonds is 2. The molecule has 3 aromatic rings. The van der Waals surface area contributed by atoms with Gasteiger partial charge in [-0.1, -0.05) is 0 Å². The molecule has 2 aromatic carbocycles. The lowest BCUT2D eigenvalue weighted by Gasteiger charge is -2.31. The summed E-state index contributed by atoms with van der Waals surface area (Å²) in [5.74, 6) is 0.0314. The van der Waals surface area contributed by atoms with Crippen LogP contribution in [0.15, 0.2) is 41.2 Å². The predicted octanol–water partition coefficient (Wildman–Crippen LogP) is 3.00. The van der Waals surface area contributed by atoms with Crippen LogP contribution in [0.5, 0.6) is 0 Å². The van der Waals surface area contributed by atoms with Gasteiger partial charge in [0.2, 0.25) is 0 Å². The van der Waals surface area contributed by atoms with E-state index in [-0.39, 0.29) is 17.0 Å². The first-order valence-electron chi connectivity index (χ1n) is 8.75. The van der Waals surface area contributed by atoms with Crippen molar-refractivity contribution in [2.24, 2.45) is 0 Å². The van der Waals surface area contributed by atoms with Crippen molar-refractivity contribution >= 4 is 16.6 Å². The van der Waals surface area contributed by atoms with Gasteiger partial charge in [-0.05, 0) is 61.7 Å². The molecule has 0 amide bonds. The molecule has 6 heteroatoms. The molecule has 1 aliphatic heterocycles. The van der Waals surface area contributed by atoms with E-state index in [9.17, 15) is 14.3 Å². The van der Waals surface area contributed by atoms with Crippen LogP contribution >= 0.6 is 0 Å². The largest absolute Gasteiger partial charge is 0.393 e. The van der Waals surface area contributed by atoms with Crippen LogP contribution in [0.4, 0.5) is 10.1 Å². The van der Waals surface area contributed by atoms with Gasteiger partial charge in [0.1, 0.15) is 11.6 Å². The molecule has 1 aromatic heterocycles. The van der Waals surface area contributed by atoms with Crippen molar-refractivity contribution in [3.8, 4) is 11.4 Å². The number of hydrogen-bond acceptors (Lipinski definition) is 4. The van der Waals surface area contributed by atoms with E-state index in [1.54, 1.807) is 6.92 Å². The number of aromatic amines is 1. The van der Waals surface area contributed by atoms with Crippen molar-refractivity contribution in [3.05, 3.63) is 58.1 Å². The van der Waals surface area contributed by atoms with Crippen molar-refractivity contribution in [2.45, 2.75) is 25.9 Å². The Hall–Kier alpha value is -2.73. The third-order valence-electron chi connectivity index (χ3n) is 4.94. The van der Waals surface area contributed by atoms with E-state index in [1.807, 2.05) is 24.3 Å². The van der Waals surface area contributed by atoms with Crippen molar-refractivity contribution < 1.29 is 9.50 Å². The van der Waals surface area contributed by atoms with Gasteiger partial charge < -0.3 is 15.0 Å². The molecule has 2 N–H and O–H groups in total. The molecule has 2 heterocycles. The molecule has 0 unspecified atom stereocenters. The molecule has 0 atom stereocenters. The summed E-state index contributed by atoms with van der Waals surface area (Å²) in [5, 5.41) is 9.89. The summed E-state index contributed by atoms with van der Waals surface area (Å²) in [5.41, 5.74) is 2.69. The quantitative estimate of drug-likeness (QED) is 0.743. The second-order valence-corrected chi connectivity index (χ2v) is 6.80. The zero-order chi connectivity index (χ0) is 18.3. The minimum atomic E-state index is -0.439. The Labute approximate surface area is 150 Å². The van der Waals surface area contributed by atoms with E-state index in [2.05, 4.69) is 14.9 Å². The van der Waals surface area contributed by atoms with Gasteiger partial charge in [0.25, 0.3) is 5.56 Å². The number of aryl methyl sites for hydroxylation is 1. The SMILES string of the molecule is Cc1cc(F)cc2c(=O)[nH]c(-c3ccc(N4CCC(O)CC4)cc3)nc12. The van der Waals surface area contributed by atoms with Gasteiger partial charge in [-0.25, -0.2) is 9.37 Å². The summed E-state index contributed by atoms with van der Waals surface area (Å²) in [6.45, 7) is 3.40. The van der Waals surface area contributed by atoms with Crippen LogP contribution in [0.1, 0.15) is 18.4 Å². The summed E-state index contributed by atoms with van der Waals surface area (Å²) in [4.78, 5) is 21.8. The van der Waals surface area contributed by atoms with Gasteiger partial charge in [0, 0.05) is 24.3 Å². The molecule has 1 saturated heterocycles. The van der Waals surface area contributed by atoms with Crippen LogP contribution in [-0.2, 0) is 0 Å². The van der Waals surface area contributed by atoms with Gasteiger partial charge >= 0.3 is 0 Å². The Morgan fingerprint density at radius 2 is 1.88 bits per heavy atom. The molecule has 134 valence electrons. The number of fused-ring (bicyclic) bond motifs is 1. The van der Waals surface area contributed by atoms with Crippen LogP contribution in [0.2, 0.25) is 0 Å². The fraction of sp³-hybridized carbons (Fsp3) is 0.300. The smallest absolute Gasteiger partial charge is 0.259 e. The van der Waals surface area contributed by atoms with Gasteiger partial charge in [-0.15, -0.1) is 0 Å². The molecule has 0 bridgehead atoms. The van der Waals surface area contributed by atoms with E-state index in [1.165, 1.54) is 12.1 Å². The monoisotopic (exact) mass is 353 g/mol. The first kappa shape index (κ1) is 16.7. The van der Waals surface area contributed by atoms with Gasteiger partial charge in [-0.2, -0.15) is 0 Å². The fourth-order valence-electron chi connectivity index (χ4n) is 3.46. The number of piperidine rings is 1. The Morgan fingerprint density at radius 3 is 2.58 bits per heavy atom. The summed E-state index contributed by atoms with van der Waals surface area (Å²) in [7, 11) is 0. The van der Waals surface area contributed by atoms with Crippen LogP contribution < -0.4 is 10.5 Å². The number of benzene rings is 2. The van der Waals surface area contributed by atoms with Gasteiger partial charge in [-0.3, -0.25) is 4.79 Å². The first-order chi connectivity index (χ1) is 12.5. The van der Waals surface area contributed by atoms with Gasteiger partial charge in [0.05, 0.1) is 17.0 Å². The molecule has 26 heavy (non-hydrogen) atoms. The lowest BCUT2D eigenvalue weighted by Crippen LogP contribution is -2.35. The molecule has 1 aliphatic rings. The standard InChI is InChI=1S/C20H20FN3O2/c1-12-10-14(21)11-17-18(12)22-19(23-20(17)26)13-2-4-15(5-3-13)24-8-6-16(25)7-9-24/h2-5,10-11,16,25H,6-9H2,1H3,(H,22,23,26). The molecule has 4 rings (SSSR count). The first-order valence-corrected chi connectivity index (χ1v) is 8.75. The Bertz CT molecular complexity index is 1010. The summed E-state index contributed by atoms with van der Waals surface area (Å²) in [6, 6.07) is 10.4.